The summed E-state index contributed by atoms with van der Waals surface area (Å²) in [6.07, 6.45) is 5.49. The van der Waals surface area contributed by atoms with Gasteiger partial charge in [-0.2, -0.15) is 0 Å². The second-order valence-electron chi connectivity index (χ2n) is 5.04. The van der Waals surface area contributed by atoms with Gasteiger partial charge in [-0.1, -0.05) is 13.3 Å². The van der Waals surface area contributed by atoms with E-state index in [-0.39, 0.29) is 12.3 Å². The highest BCUT2D eigenvalue weighted by Crippen LogP contribution is 2.17. The number of carboxylic acids is 1. The van der Waals surface area contributed by atoms with Crippen molar-refractivity contribution in [1.82, 2.24) is 4.90 Å². The number of carbonyl (C=O) groups excluding carboxylic acids is 1. The van der Waals surface area contributed by atoms with Crippen molar-refractivity contribution >= 4 is 11.9 Å². The van der Waals surface area contributed by atoms with Gasteiger partial charge in [0.25, 0.3) is 0 Å². The highest BCUT2D eigenvalue weighted by Gasteiger charge is 2.18. The minimum absolute atomic E-state index is 0.170. The summed E-state index contributed by atoms with van der Waals surface area (Å²) >= 11 is 0. The highest BCUT2D eigenvalue weighted by molar-refractivity contribution is 5.76. The fourth-order valence-corrected chi connectivity index (χ4v) is 2.29. The van der Waals surface area contributed by atoms with Gasteiger partial charge in [-0.05, 0) is 31.6 Å². The third-order valence-corrected chi connectivity index (χ3v) is 3.29. The molecule has 4 nitrogen and oxygen atoms in total. The lowest BCUT2D eigenvalue weighted by molar-refractivity contribution is -0.137. The molecule has 1 unspecified atom stereocenters. The fourth-order valence-electron chi connectivity index (χ4n) is 2.29. The Hall–Kier alpha value is -1.06. The largest absolute Gasteiger partial charge is 0.481 e. The molecule has 0 aliphatic carbocycles. The van der Waals surface area contributed by atoms with E-state index >= 15 is 0 Å². The maximum atomic E-state index is 11.9. The number of hydrogen-bond donors (Lipinski definition) is 1. The van der Waals surface area contributed by atoms with E-state index in [0.29, 0.717) is 25.2 Å². The van der Waals surface area contributed by atoms with Crippen LogP contribution in [0.4, 0.5) is 0 Å². The molecule has 98 valence electrons. The summed E-state index contributed by atoms with van der Waals surface area (Å²) in [4.78, 5) is 24.2. The van der Waals surface area contributed by atoms with E-state index < -0.39 is 5.97 Å². The van der Waals surface area contributed by atoms with Crippen LogP contribution in [-0.2, 0) is 9.59 Å². The van der Waals surface area contributed by atoms with Gasteiger partial charge in [-0.25, -0.2) is 0 Å². The standard InChI is InChI=1S/C13H23NO3/c1-11-6-4-5-9-14(10-11)12(15)7-2-3-8-13(16)17/h11H,2-10H2,1H3,(H,16,17). The third kappa shape index (κ3) is 5.71. The average molecular weight is 241 g/mol. The molecule has 1 N–H and O–H groups in total. The molecule has 1 fully saturated rings. The Morgan fingerprint density at radius 2 is 1.94 bits per heavy atom. The zero-order valence-electron chi connectivity index (χ0n) is 10.7. The molecule has 0 aromatic rings. The molecule has 0 aromatic carbocycles. The molecule has 1 heterocycles. The third-order valence-electron chi connectivity index (χ3n) is 3.29. The summed E-state index contributed by atoms with van der Waals surface area (Å²) in [7, 11) is 0. The summed E-state index contributed by atoms with van der Waals surface area (Å²) in [5, 5.41) is 8.50. The number of rotatable bonds is 5. The van der Waals surface area contributed by atoms with Gasteiger partial charge in [0.1, 0.15) is 0 Å². The zero-order chi connectivity index (χ0) is 12.7. The number of unbranched alkanes of at least 4 members (excludes halogenated alkanes) is 1. The second kappa shape index (κ2) is 7.30. The Morgan fingerprint density at radius 1 is 1.24 bits per heavy atom. The van der Waals surface area contributed by atoms with Gasteiger partial charge in [0.05, 0.1) is 0 Å². The first-order valence-corrected chi connectivity index (χ1v) is 6.59. The van der Waals surface area contributed by atoms with Crippen molar-refractivity contribution < 1.29 is 14.7 Å². The van der Waals surface area contributed by atoms with Gasteiger partial charge < -0.3 is 10.0 Å². The molecular formula is C13H23NO3. The maximum Gasteiger partial charge on any atom is 0.303 e. The second-order valence-corrected chi connectivity index (χ2v) is 5.04. The van der Waals surface area contributed by atoms with Crippen LogP contribution in [0.15, 0.2) is 0 Å². The minimum Gasteiger partial charge on any atom is -0.481 e. The van der Waals surface area contributed by atoms with Gasteiger partial charge in [-0.3, -0.25) is 9.59 Å². The summed E-state index contributed by atoms with van der Waals surface area (Å²) in [6.45, 7) is 3.94. The van der Waals surface area contributed by atoms with Gasteiger partial charge >= 0.3 is 5.97 Å². The number of carboxylic acid groups (broad SMARTS) is 1. The molecule has 1 aliphatic heterocycles. The molecule has 0 spiro atoms. The van der Waals surface area contributed by atoms with E-state index in [0.717, 1.165) is 19.5 Å². The van der Waals surface area contributed by atoms with Crippen LogP contribution in [0, 0.1) is 5.92 Å². The minimum atomic E-state index is -0.777. The van der Waals surface area contributed by atoms with Crippen LogP contribution in [0.25, 0.3) is 0 Å². The van der Waals surface area contributed by atoms with E-state index in [1.165, 1.54) is 12.8 Å². The smallest absolute Gasteiger partial charge is 0.303 e. The lowest BCUT2D eigenvalue weighted by Crippen LogP contribution is -2.33. The highest BCUT2D eigenvalue weighted by atomic mass is 16.4. The Bertz CT molecular complexity index is 265. The summed E-state index contributed by atoms with van der Waals surface area (Å²) in [5.74, 6) is 0.0189. The molecule has 1 saturated heterocycles. The summed E-state index contributed by atoms with van der Waals surface area (Å²) in [6, 6.07) is 0. The van der Waals surface area contributed by atoms with Gasteiger partial charge in [0, 0.05) is 25.9 Å². The van der Waals surface area contributed by atoms with Crippen LogP contribution in [0.3, 0.4) is 0 Å². The molecule has 1 aliphatic rings. The monoisotopic (exact) mass is 241 g/mol. The van der Waals surface area contributed by atoms with Crippen LogP contribution in [0.5, 0.6) is 0 Å². The van der Waals surface area contributed by atoms with Crippen molar-refractivity contribution in [2.24, 2.45) is 5.92 Å². The van der Waals surface area contributed by atoms with E-state index in [9.17, 15) is 9.59 Å². The Balaban J connectivity index is 2.23. The Morgan fingerprint density at radius 3 is 2.65 bits per heavy atom. The molecule has 4 heteroatoms. The molecule has 1 rings (SSSR count). The molecule has 1 atom stereocenters. The first-order chi connectivity index (χ1) is 8.09. The first-order valence-electron chi connectivity index (χ1n) is 6.59. The fraction of sp³-hybridized carbons (Fsp3) is 0.846. The van der Waals surface area contributed by atoms with Crippen molar-refractivity contribution in [3.05, 3.63) is 0 Å². The number of carbonyl (C=O) groups is 2. The molecular weight excluding hydrogens is 218 g/mol. The van der Waals surface area contributed by atoms with Gasteiger partial charge in [-0.15, -0.1) is 0 Å². The Labute approximate surface area is 103 Å². The average Bonchev–Trinajstić information content (AvgIpc) is 2.48. The van der Waals surface area contributed by atoms with Crippen LogP contribution < -0.4 is 0 Å². The van der Waals surface area contributed by atoms with E-state index in [1.807, 2.05) is 4.90 Å². The van der Waals surface area contributed by atoms with Crippen molar-refractivity contribution in [2.45, 2.75) is 51.9 Å². The Kier molecular flexibility index (Phi) is 6.01. The summed E-state index contributed by atoms with van der Waals surface area (Å²) in [5.41, 5.74) is 0. The molecule has 0 saturated carbocycles. The number of likely N-dealkylation sites (tertiary alicyclic amines) is 1. The molecule has 0 bridgehead atoms. The van der Waals surface area contributed by atoms with Crippen LogP contribution >= 0.6 is 0 Å². The molecule has 0 radical (unpaired) electrons. The van der Waals surface area contributed by atoms with Gasteiger partial charge in [0.15, 0.2) is 0 Å². The zero-order valence-corrected chi connectivity index (χ0v) is 10.7. The molecule has 0 aromatic heterocycles. The lowest BCUT2D eigenvalue weighted by atomic mass is 10.1. The topological polar surface area (TPSA) is 57.6 Å². The van der Waals surface area contributed by atoms with Crippen molar-refractivity contribution in [3.8, 4) is 0 Å². The van der Waals surface area contributed by atoms with Crippen LogP contribution in [0.1, 0.15) is 51.9 Å². The molecule has 17 heavy (non-hydrogen) atoms. The SMILES string of the molecule is CC1CCCCN(C(=O)CCCCC(=O)O)C1. The first kappa shape index (κ1) is 14.0. The van der Waals surface area contributed by atoms with Crippen molar-refractivity contribution in [2.75, 3.05) is 13.1 Å². The predicted molar refractivity (Wildman–Crippen MR) is 65.7 cm³/mol. The normalized spacial score (nSPS) is 21.0. The number of hydrogen-bond acceptors (Lipinski definition) is 2. The van der Waals surface area contributed by atoms with Crippen molar-refractivity contribution in [1.29, 1.82) is 0 Å². The van der Waals surface area contributed by atoms with E-state index in [1.54, 1.807) is 0 Å². The lowest BCUT2D eigenvalue weighted by Gasteiger charge is -2.22. The van der Waals surface area contributed by atoms with E-state index in [2.05, 4.69) is 6.92 Å². The molecule has 1 amide bonds. The number of aliphatic carboxylic acids is 1. The number of amides is 1. The van der Waals surface area contributed by atoms with Crippen LogP contribution in [0.2, 0.25) is 0 Å². The van der Waals surface area contributed by atoms with Crippen LogP contribution in [-0.4, -0.2) is 35.0 Å². The van der Waals surface area contributed by atoms with E-state index in [4.69, 9.17) is 5.11 Å². The quantitative estimate of drug-likeness (QED) is 0.751. The predicted octanol–water partition coefficient (Wildman–Crippen LogP) is 2.28. The summed E-state index contributed by atoms with van der Waals surface area (Å²) < 4.78 is 0. The van der Waals surface area contributed by atoms with Gasteiger partial charge in [0.2, 0.25) is 5.91 Å². The van der Waals surface area contributed by atoms with Crippen molar-refractivity contribution in [3.63, 3.8) is 0 Å². The number of nitrogens with zero attached hydrogens (tertiary/aromatic N) is 1. The maximum absolute atomic E-state index is 11.9.